The van der Waals surface area contributed by atoms with Gasteiger partial charge >= 0.3 is 39.5 Å². The standard InChI is InChI=1S/C90H176O17P2/c1-6-9-12-15-18-21-24-27-29-31-33-35-37-39-44-49-54-59-64-69-74-88(93)101-80-86(106-89(94)75-70-65-60-55-50-45-40-38-36-34-32-30-28-25-22-19-16-13-10-7-2)82-105-109(98,99)103-78-84(91)77-102-108(96,97)104-81-85(79-100-87(92)73-68-63-58-53-48-42-26-23-20-17-14-11-8-3)107-90(95)76-71-66-61-56-51-46-41-43-47-52-57-62-67-72-83(4)5/h83-86,91H,6-82H2,1-5H3,(H,96,97)(H,98,99)/t84-,85+,86+/m0/s1. The molecule has 2 unspecified atom stereocenters. The second-order valence-corrected chi connectivity index (χ2v) is 35.7. The fourth-order valence-corrected chi connectivity index (χ4v) is 15.8. The Morgan fingerprint density at radius 2 is 0.422 bits per heavy atom. The van der Waals surface area contributed by atoms with Crippen molar-refractivity contribution >= 4 is 39.5 Å². The van der Waals surface area contributed by atoms with Crippen LogP contribution in [0.3, 0.4) is 0 Å². The molecule has 648 valence electrons. The first-order chi connectivity index (χ1) is 53.0. The van der Waals surface area contributed by atoms with Crippen molar-refractivity contribution in [2.75, 3.05) is 39.6 Å². The molecule has 0 fully saturated rings. The van der Waals surface area contributed by atoms with Crippen molar-refractivity contribution < 1.29 is 80.2 Å². The fourth-order valence-electron chi connectivity index (χ4n) is 14.2. The van der Waals surface area contributed by atoms with E-state index in [0.717, 1.165) is 95.8 Å². The van der Waals surface area contributed by atoms with Crippen molar-refractivity contribution in [3.8, 4) is 0 Å². The van der Waals surface area contributed by atoms with Crippen molar-refractivity contribution in [2.45, 2.75) is 509 Å². The first kappa shape index (κ1) is 107. The first-order valence-corrected chi connectivity index (χ1v) is 49.6. The van der Waals surface area contributed by atoms with Gasteiger partial charge in [0.05, 0.1) is 26.4 Å². The number of unbranched alkanes of at least 4 members (excludes halogenated alkanes) is 62. The van der Waals surface area contributed by atoms with Gasteiger partial charge in [0.25, 0.3) is 0 Å². The number of aliphatic hydroxyl groups is 1. The Hall–Kier alpha value is -1.94. The summed E-state index contributed by atoms with van der Waals surface area (Å²) in [5.41, 5.74) is 0. The highest BCUT2D eigenvalue weighted by Crippen LogP contribution is 2.45. The number of phosphoric ester groups is 2. The van der Waals surface area contributed by atoms with Crippen LogP contribution in [0.1, 0.15) is 490 Å². The number of hydrogen-bond acceptors (Lipinski definition) is 15. The number of esters is 4. The van der Waals surface area contributed by atoms with E-state index in [4.69, 9.17) is 37.0 Å². The van der Waals surface area contributed by atoms with Crippen LogP contribution in [0.25, 0.3) is 0 Å². The van der Waals surface area contributed by atoms with E-state index in [9.17, 15) is 43.2 Å². The Morgan fingerprint density at radius 3 is 0.624 bits per heavy atom. The average Bonchev–Trinajstić information content (AvgIpc) is 0.899. The van der Waals surface area contributed by atoms with Gasteiger partial charge in [0, 0.05) is 25.7 Å². The van der Waals surface area contributed by atoms with E-state index in [-0.39, 0.29) is 25.7 Å². The maximum Gasteiger partial charge on any atom is 0.472 e. The molecule has 0 heterocycles. The van der Waals surface area contributed by atoms with E-state index in [1.54, 1.807) is 0 Å². The van der Waals surface area contributed by atoms with E-state index in [2.05, 4.69) is 34.6 Å². The maximum absolute atomic E-state index is 13.2. The number of phosphoric acid groups is 2. The Morgan fingerprint density at radius 1 is 0.248 bits per heavy atom. The van der Waals surface area contributed by atoms with Gasteiger partial charge in [0.1, 0.15) is 19.3 Å². The number of rotatable bonds is 90. The second-order valence-electron chi connectivity index (χ2n) is 32.8. The van der Waals surface area contributed by atoms with Gasteiger partial charge in [0.15, 0.2) is 12.2 Å². The molecular weight excluding hydrogens is 1410 g/mol. The summed E-state index contributed by atoms with van der Waals surface area (Å²) >= 11 is 0. The van der Waals surface area contributed by atoms with Crippen LogP contribution >= 0.6 is 15.6 Å². The van der Waals surface area contributed by atoms with Gasteiger partial charge in [-0.2, -0.15) is 0 Å². The van der Waals surface area contributed by atoms with Gasteiger partial charge in [-0.1, -0.05) is 439 Å². The molecule has 0 aliphatic heterocycles. The molecule has 17 nitrogen and oxygen atoms in total. The molecule has 19 heteroatoms. The van der Waals surface area contributed by atoms with Crippen molar-refractivity contribution in [1.29, 1.82) is 0 Å². The third kappa shape index (κ3) is 83.8. The number of carbonyl (C=O) groups is 4. The summed E-state index contributed by atoms with van der Waals surface area (Å²) in [5.74, 6) is -1.31. The highest BCUT2D eigenvalue weighted by molar-refractivity contribution is 7.47. The minimum atomic E-state index is -4.97. The largest absolute Gasteiger partial charge is 0.472 e. The van der Waals surface area contributed by atoms with Crippen molar-refractivity contribution in [2.24, 2.45) is 5.92 Å². The third-order valence-electron chi connectivity index (χ3n) is 21.3. The minimum Gasteiger partial charge on any atom is -0.462 e. The number of hydrogen-bond donors (Lipinski definition) is 3. The monoisotopic (exact) mass is 1590 g/mol. The average molecular weight is 1590 g/mol. The Kier molecular flexibility index (Phi) is 81.1. The van der Waals surface area contributed by atoms with Gasteiger partial charge in [-0.15, -0.1) is 0 Å². The van der Waals surface area contributed by atoms with Gasteiger partial charge < -0.3 is 33.8 Å². The Balaban J connectivity index is 5.25. The predicted octanol–water partition coefficient (Wildman–Crippen LogP) is 27.9. The highest BCUT2D eigenvalue weighted by Gasteiger charge is 2.31. The Labute approximate surface area is 670 Å². The van der Waals surface area contributed by atoms with Gasteiger partial charge in [-0.25, -0.2) is 9.13 Å². The van der Waals surface area contributed by atoms with Gasteiger partial charge in [0.2, 0.25) is 0 Å². The summed E-state index contributed by atoms with van der Waals surface area (Å²) in [7, 11) is -9.93. The third-order valence-corrected chi connectivity index (χ3v) is 23.2. The molecule has 109 heavy (non-hydrogen) atoms. The maximum atomic E-state index is 13.2. The molecule has 3 N–H and O–H groups in total. The van der Waals surface area contributed by atoms with E-state index >= 15 is 0 Å². The molecule has 0 aromatic carbocycles. The fraction of sp³-hybridized carbons (Fsp3) is 0.956. The van der Waals surface area contributed by atoms with Crippen LogP contribution in [-0.2, 0) is 65.4 Å². The second kappa shape index (κ2) is 82.6. The molecule has 0 aromatic rings. The van der Waals surface area contributed by atoms with E-state index in [0.29, 0.717) is 25.7 Å². The zero-order valence-corrected chi connectivity index (χ0v) is 73.5. The lowest BCUT2D eigenvalue weighted by atomic mass is 10.0. The SMILES string of the molecule is CCCCCCCCCCCCCCCCCCCCCCC(=O)OC[C@H](COP(=O)(O)OC[C@@H](O)COP(=O)(O)OC[C@@H](COC(=O)CCCCCCCCCCCCCCC)OC(=O)CCCCCCCCCCCCCCCC(C)C)OC(=O)CCCCCCCCCCCCCCCCCCCCCC. The lowest BCUT2D eigenvalue weighted by Gasteiger charge is -2.21. The highest BCUT2D eigenvalue weighted by atomic mass is 31.2. The van der Waals surface area contributed by atoms with Crippen molar-refractivity contribution in [1.82, 2.24) is 0 Å². The smallest absolute Gasteiger partial charge is 0.462 e. The quantitative estimate of drug-likeness (QED) is 0.0222. The molecule has 0 aliphatic carbocycles. The van der Waals surface area contributed by atoms with Crippen LogP contribution in [0, 0.1) is 5.92 Å². The van der Waals surface area contributed by atoms with Crippen LogP contribution < -0.4 is 0 Å². The normalized spacial score (nSPS) is 13.7. The van der Waals surface area contributed by atoms with Crippen molar-refractivity contribution in [3.63, 3.8) is 0 Å². The summed E-state index contributed by atoms with van der Waals surface area (Å²) in [5, 5.41) is 10.7. The molecule has 0 spiro atoms. The molecule has 5 atom stereocenters. The lowest BCUT2D eigenvalue weighted by molar-refractivity contribution is -0.161. The molecule has 0 aliphatic rings. The zero-order valence-electron chi connectivity index (χ0n) is 71.7. The zero-order chi connectivity index (χ0) is 79.7. The van der Waals surface area contributed by atoms with E-state index < -0.39 is 97.5 Å². The topological polar surface area (TPSA) is 237 Å². The van der Waals surface area contributed by atoms with Crippen LogP contribution in [0.15, 0.2) is 0 Å². The first-order valence-electron chi connectivity index (χ1n) is 46.6. The van der Waals surface area contributed by atoms with Crippen LogP contribution in [0.4, 0.5) is 0 Å². The number of aliphatic hydroxyl groups excluding tert-OH is 1. The summed E-state index contributed by atoms with van der Waals surface area (Å²) < 4.78 is 69.1. The molecule has 0 amide bonds. The molecule has 0 aromatic heterocycles. The summed E-state index contributed by atoms with van der Waals surface area (Å²) in [6.45, 7) is 7.41. The molecule has 0 saturated heterocycles. The summed E-state index contributed by atoms with van der Waals surface area (Å²) in [6.07, 6.45) is 77.8. The molecule has 0 saturated carbocycles. The van der Waals surface area contributed by atoms with E-state index in [1.807, 2.05) is 0 Å². The molecule has 0 radical (unpaired) electrons. The summed E-state index contributed by atoms with van der Waals surface area (Å²) in [4.78, 5) is 73.4. The number of ether oxygens (including phenoxy) is 4. The minimum absolute atomic E-state index is 0.108. The lowest BCUT2D eigenvalue weighted by Crippen LogP contribution is -2.30. The van der Waals surface area contributed by atoms with Gasteiger partial charge in [-0.3, -0.25) is 37.3 Å². The summed E-state index contributed by atoms with van der Waals surface area (Å²) in [6, 6.07) is 0. The van der Waals surface area contributed by atoms with Crippen LogP contribution in [0.5, 0.6) is 0 Å². The van der Waals surface area contributed by atoms with Crippen molar-refractivity contribution in [3.05, 3.63) is 0 Å². The molecule has 0 rings (SSSR count). The predicted molar refractivity (Wildman–Crippen MR) is 451 cm³/mol. The molecule has 0 bridgehead atoms. The Bertz CT molecular complexity index is 2070. The molecular formula is C90H176O17P2. The van der Waals surface area contributed by atoms with Gasteiger partial charge in [-0.05, 0) is 31.6 Å². The van der Waals surface area contributed by atoms with Crippen LogP contribution in [0.2, 0.25) is 0 Å². The number of carbonyl (C=O) groups excluding carboxylic acids is 4. The van der Waals surface area contributed by atoms with Crippen LogP contribution in [-0.4, -0.2) is 96.7 Å². The van der Waals surface area contributed by atoms with E-state index in [1.165, 1.54) is 315 Å².